The summed E-state index contributed by atoms with van der Waals surface area (Å²) >= 11 is 5.82. The maximum Gasteiger partial charge on any atom is 0.116 e. The minimum atomic E-state index is 0.691. The van der Waals surface area contributed by atoms with Crippen molar-refractivity contribution < 1.29 is 0 Å². The number of nitrogens with zero attached hydrogens (tertiary/aromatic N) is 6. The van der Waals surface area contributed by atoms with Crippen molar-refractivity contribution in [1.29, 1.82) is 10.5 Å². The van der Waals surface area contributed by atoms with Gasteiger partial charge in [0, 0.05) is 30.6 Å². The highest BCUT2D eigenvalue weighted by atomic mass is 32.1. The van der Waals surface area contributed by atoms with Crippen LogP contribution in [-0.2, 0) is 17.8 Å². The summed E-state index contributed by atoms with van der Waals surface area (Å²) in [5.74, 6) is 0. The van der Waals surface area contributed by atoms with E-state index in [-0.39, 0.29) is 0 Å². The van der Waals surface area contributed by atoms with E-state index in [4.69, 9.17) is 17.5 Å². The van der Waals surface area contributed by atoms with Crippen LogP contribution in [0.1, 0.15) is 67.7 Å². The van der Waals surface area contributed by atoms with Crippen LogP contribution >= 0.6 is 34.4 Å². The summed E-state index contributed by atoms with van der Waals surface area (Å²) < 4.78 is 19.2. The Labute approximate surface area is 290 Å². The van der Waals surface area contributed by atoms with Gasteiger partial charge in [-0.3, -0.25) is 0 Å². The van der Waals surface area contributed by atoms with E-state index in [1.54, 1.807) is 22.7 Å². The highest BCUT2D eigenvalue weighted by Gasteiger charge is 2.28. The van der Waals surface area contributed by atoms with Crippen LogP contribution in [0.25, 0.3) is 52.8 Å². The predicted molar refractivity (Wildman–Crippen MR) is 198 cm³/mol. The summed E-state index contributed by atoms with van der Waals surface area (Å²) in [5.41, 5.74) is 11.0. The first-order valence-corrected chi connectivity index (χ1v) is 18.8. The number of hydrogen-bond donors (Lipinski definition) is 0. The van der Waals surface area contributed by atoms with E-state index in [0.29, 0.717) is 5.56 Å². The van der Waals surface area contributed by atoms with Gasteiger partial charge in [0.1, 0.15) is 22.4 Å². The first-order valence-electron chi connectivity index (χ1n) is 15.7. The fraction of sp³-hybridized carbons (Fsp3) is 0.243. The molecule has 1 aliphatic rings. The Morgan fingerprint density at radius 3 is 1.79 bits per heavy atom. The maximum atomic E-state index is 9.78. The van der Waals surface area contributed by atoms with Crippen molar-refractivity contribution >= 4 is 68.2 Å². The zero-order chi connectivity index (χ0) is 32.3. The number of aromatic nitrogens is 2. The van der Waals surface area contributed by atoms with Gasteiger partial charge in [0.05, 0.1) is 46.3 Å². The Kier molecular flexibility index (Phi) is 9.19. The summed E-state index contributed by atoms with van der Waals surface area (Å²) in [6.45, 7) is 4.21. The fourth-order valence-corrected chi connectivity index (χ4v) is 9.30. The summed E-state index contributed by atoms with van der Waals surface area (Å²) in [7, 11) is 0. The van der Waals surface area contributed by atoms with Gasteiger partial charge in [0.2, 0.25) is 0 Å². The smallest absolute Gasteiger partial charge is 0.116 e. The van der Waals surface area contributed by atoms with Crippen molar-refractivity contribution in [3.63, 3.8) is 0 Å². The quantitative estimate of drug-likeness (QED) is 0.126. The van der Waals surface area contributed by atoms with Crippen LogP contribution in [0.4, 0.5) is 11.4 Å². The Bertz CT molecular complexity index is 2290. The molecule has 0 fully saturated rings. The molecule has 232 valence electrons. The number of nitriles is 2. The molecule has 0 aliphatic carbocycles. The van der Waals surface area contributed by atoms with Gasteiger partial charge in [-0.1, -0.05) is 51.2 Å². The molecule has 7 rings (SSSR count). The average Bonchev–Trinajstić information content (AvgIpc) is 3.92. The zero-order valence-corrected chi connectivity index (χ0v) is 29.3. The molecule has 0 N–H and O–H groups in total. The van der Waals surface area contributed by atoms with E-state index < -0.39 is 0 Å². The molecule has 0 spiro atoms. The molecule has 0 saturated carbocycles. The zero-order valence-electron chi connectivity index (χ0n) is 26.0. The van der Waals surface area contributed by atoms with E-state index in [1.165, 1.54) is 55.2 Å². The van der Waals surface area contributed by atoms with Gasteiger partial charge >= 0.3 is 0 Å². The fourth-order valence-electron chi connectivity index (χ4n) is 6.08. The summed E-state index contributed by atoms with van der Waals surface area (Å²) in [4.78, 5) is 4.39. The van der Waals surface area contributed by atoms with E-state index in [1.807, 2.05) is 25.1 Å². The molecule has 6 aromatic rings. The Morgan fingerprint density at radius 1 is 0.638 bits per heavy atom. The molecule has 47 heavy (non-hydrogen) atoms. The molecule has 1 aliphatic heterocycles. The monoisotopic (exact) mass is 686 g/mol. The SMILES string of the molecule is CCCCCCCCc1cc(-c2ccc(-c3c4c(c(-c5ccc(-c6ccc(C#N)c(C)c6)s5)c5nsnc35)N=S=N4)s2)ccc1C#N. The first-order chi connectivity index (χ1) is 23.1. The van der Waals surface area contributed by atoms with Crippen LogP contribution in [0.15, 0.2) is 69.4 Å². The van der Waals surface area contributed by atoms with Gasteiger partial charge in [-0.2, -0.15) is 28.0 Å². The van der Waals surface area contributed by atoms with Crippen molar-refractivity contribution in [2.45, 2.75) is 58.8 Å². The van der Waals surface area contributed by atoms with Crippen LogP contribution < -0.4 is 0 Å². The van der Waals surface area contributed by atoms with E-state index >= 15 is 0 Å². The van der Waals surface area contributed by atoms with Crippen molar-refractivity contribution in [3.8, 4) is 53.9 Å². The second kappa shape index (κ2) is 13.8. The largest absolute Gasteiger partial charge is 0.192 e. The lowest BCUT2D eigenvalue weighted by Crippen LogP contribution is -1.92. The third kappa shape index (κ3) is 6.10. The number of thiophene rings is 2. The van der Waals surface area contributed by atoms with Crippen LogP contribution in [0.3, 0.4) is 0 Å². The Balaban J connectivity index is 1.22. The average molecular weight is 687 g/mol. The number of benzene rings is 3. The Hall–Kier alpha value is -4.32. The van der Waals surface area contributed by atoms with Gasteiger partial charge in [-0.15, -0.1) is 22.7 Å². The second-order valence-corrected chi connectivity index (χ2v) is 14.9. The Morgan fingerprint density at radius 2 is 1.19 bits per heavy atom. The summed E-state index contributed by atoms with van der Waals surface area (Å²) in [6.07, 6.45) is 8.32. The van der Waals surface area contributed by atoms with Gasteiger partial charge in [0.25, 0.3) is 0 Å². The molecule has 0 amide bonds. The van der Waals surface area contributed by atoms with E-state index in [2.05, 4.69) is 61.5 Å². The normalized spacial score (nSPS) is 11.8. The molecule has 4 heterocycles. The van der Waals surface area contributed by atoms with Crippen LogP contribution in [0.2, 0.25) is 0 Å². The van der Waals surface area contributed by atoms with Crippen molar-refractivity contribution in [3.05, 3.63) is 82.9 Å². The van der Waals surface area contributed by atoms with Gasteiger partial charge in [-0.05, 0) is 90.6 Å². The molecular weight excluding hydrogens is 657 g/mol. The molecule has 0 unspecified atom stereocenters. The summed E-state index contributed by atoms with van der Waals surface area (Å²) in [5, 5.41) is 19.1. The van der Waals surface area contributed by atoms with E-state index in [9.17, 15) is 10.5 Å². The predicted octanol–water partition coefficient (Wildman–Crippen LogP) is 12.2. The molecule has 0 atom stereocenters. The molecule has 0 radical (unpaired) electrons. The highest BCUT2D eigenvalue weighted by molar-refractivity contribution is 7.58. The molecule has 0 bridgehead atoms. The maximum absolute atomic E-state index is 9.78. The van der Waals surface area contributed by atoms with Gasteiger partial charge in [0.15, 0.2) is 0 Å². The van der Waals surface area contributed by atoms with Gasteiger partial charge in [-0.25, -0.2) is 0 Å². The van der Waals surface area contributed by atoms with Crippen molar-refractivity contribution in [2.24, 2.45) is 8.73 Å². The molecule has 3 aromatic carbocycles. The van der Waals surface area contributed by atoms with Crippen LogP contribution in [0, 0.1) is 29.6 Å². The number of hydrogen-bond acceptors (Lipinski definition) is 9. The molecule has 3 aromatic heterocycles. The highest BCUT2D eigenvalue weighted by Crippen LogP contribution is 2.54. The number of aryl methyl sites for hydroxylation is 2. The van der Waals surface area contributed by atoms with Crippen LogP contribution in [0.5, 0.6) is 0 Å². The summed E-state index contributed by atoms with van der Waals surface area (Å²) in [6, 6.07) is 25.4. The lowest BCUT2D eigenvalue weighted by Gasteiger charge is -2.10. The minimum Gasteiger partial charge on any atom is -0.192 e. The molecule has 10 heteroatoms. The standard InChI is InChI=1S/C37H30N6S4/c1-3-4-5-6-7-8-9-23-19-25(11-13-27(23)21-39)29-15-17-31(45-29)33-36-34(40-46-42-36)32(35-37(33)43-47-41-35)30-16-14-28(44-30)24-10-12-26(20-38)22(2)18-24/h10-19H,3-9H2,1-2H3. The molecule has 6 nitrogen and oxygen atoms in total. The molecule has 0 saturated heterocycles. The number of unbranched alkanes of at least 4 members (excludes halogenated alkanes) is 5. The molecular formula is C37H30N6S4. The topological polar surface area (TPSA) is 98.1 Å². The minimum absolute atomic E-state index is 0.691. The van der Waals surface area contributed by atoms with Crippen molar-refractivity contribution in [2.75, 3.05) is 0 Å². The van der Waals surface area contributed by atoms with Crippen molar-refractivity contribution in [1.82, 2.24) is 8.75 Å². The number of rotatable bonds is 11. The van der Waals surface area contributed by atoms with Gasteiger partial charge < -0.3 is 0 Å². The lowest BCUT2D eigenvalue weighted by molar-refractivity contribution is 0.607. The lowest BCUT2D eigenvalue weighted by atomic mass is 9.98. The second-order valence-electron chi connectivity index (χ2n) is 11.6. The number of fused-ring (bicyclic) bond motifs is 2. The first kappa shape index (κ1) is 31.3. The van der Waals surface area contributed by atoms with E-state index in [0.717, 1.165) is 93.7 Å². The third-order valence-corrected chi connectivity index (χ3v) is 11.9. The third-order valence-electron chi connectivity index (χ3n) is 8.57. The van der Waals surface area contributed by atoms with Crippen LogP contribution in [-0.4, -0.2) is 8.75 Å².